The number of likely N-dealkylation sites (tertiary alicyclic amines) is 1. The molecule has 0 amide bonds. The van der Waals surface area contributed by atoms with E-state index in [-0.39, 0.29) is 5.82 Å². The molecule has 2 nitrogen and oxygen atoms in total. The molecule has 0 radical (unpaired) electrons. The first-order valence-corrected chi connectivity index (χ1v) is 8.33. The van der Waals surface area contributed by atoms with Gasteiger partial charge < -0.3 is 10.2 Å². The number of nitrogens with one attached hydrogen (secondary N) is 1. The van der Waals surface area contributed by atoms with E-state index in [0.29, 0.717) is 12.1 Å². The van der Waals surface area contributed by atoms with Crippen molar-refractivity contribution in [2.45, 2.75) is 52.1 Å². The topological polar surface area (TPSA) is 15.3 Å². The summed E-state index contributed by atoms with van der Waals surface area (Å²) in [5, 5.41) is 3.61. The van der Waals surface area contributed by atoms with Crippen molar-refractivity contribution in [3.05, 3.63) is 35.6 Å². The van der Waals surface area contributed by atoms with Gasteiger partial charge in [-0.25, -0.2) is 4.39 Å². The van der Waals surface area contributed by atoms with E-state index in [1.54, 1.807) is 12.1 Å². The molecular formula is C18H29FN2. The van der Waals surface area contributed by atoms with Gasteiger partial charge in [0.25, 0.3) is 0 Å². The Balaban J connectivity index is 1.94. The van der Waals surface area contributed by atoms with Crippen LogP contribution >= 0.6 is 0 Å². The second-order valence-electron chi connectivity index (χ2n) is 6.53. The zero-order chi connectivity index (χ0) is 15.2. The second kappa shape index (κ2) is 7.90. The molecule has 0 aliphatic carbocycles. The molecule has 0 spiro atoms. The fraction of sp³-hybridized carbons (Fsp3) is 0.667. The Morgan fingerprint density at radius 2 is 2.00 bits per heavy atom. The Hall–Kier alpha value is -0.930. The third kappa shape index (κ3) is 4.79. The maximum Gasteiger partial charge on any atom is 0.123 e. The third-order valence-electron chi connectivity index (χ3n) is 4.53. The molecular weight excluding hydrogens is 263 g/mol. The zero-order valence-corrected chi connectivity index (χ0v) is 13.6. The molecule has 2 rings (SSSR count). The van der Waals surface area contributed by atoms with Gasteiger partial charge in [-0.1, -0.05) is 26.0 Å². The van der Waals surface area contributed by atoms with Crippen LogP contribution in [0.2, 0.25) is 0 Å². The van der Waals surface area contributed by atoms with Crippen LogP contribution in [0.1, 0.15) is 51.6 Å². The van der Waals surface area contributed by atoms with Crippen molar-refractivity contribution in [2.75, 3.05) is 19.6 Å². The number of benzene rings is 1. The molecule has 1 fully saturated rings. The number of rotatable bonds is 7. The van der Waals surface area contributed by atoms with E-state index in [1.165, 1.54) is 18.5 Å². The molecule has 1 aromatic carbocycles. The van der Waals surface area contributed by atoms with Gasteiger partial charge >= 0.3 is 0 Å². The summed E-state index contributed by atoms with van der Waals surface area (Å²) in [5.41, 5.74) is 1.20. The van der Waals surface area contributed by atoms with Crippen LogP contribution in [0.15, 0.2) is 24.3 Å². The molecule has 3 atom stereocenters. The molecule has 1 heterocycles. The number of hydrogen-bond donors (Lipinski definition) is 1. The lowest BCUT2D eigenvalue weighted by Gasteiger charge is -2.25. The van der Waals surface area contributed by atoms with Crippen LogP contribution in [0.25, 0.3) is 0 Å². The van der Waals surface area contributed by atoms with Crippen LogP contribution in [0.4, 0.5) is 4.39 Å². The van der Waals surface area contributed by atoms with Gasteiger partial charge in [-0.2, -0.15) is 0 Å². The molecule has 21 heavy (non-hydrogen) atoms. The van der Waals surface area contributed by atoms with Crippen LogP contribution in [-0.2, 0) is 0 Å². The maximum atomic E-state index is 13.1. The maximum absolute atomic E-state index is 13.1. The fourth-order valence-electron chi connectivity index (χ4n) is 3.39. The van der Waals surface area contributed by atoms with E-state index in [4.69, 9.17) is 0 Å². The zero-order valence-electron chi connectivity index (χ0n) is 13.6. The summed E-state index contributed by atoms with van der Waals surface area (Å²) in [5.74, 6) is 0.655. The molecule has 118 valence electrons. The summed E-state index contributed by atoms with van der Waals surface area (Å²) < 4.78 is 13.1. The van der Waals surface area contributed by atoms with E-state index in [1.807, 2.05) is 12.1 Å². The van der Waals surface area contributed by atoms with Gasteiger partial charge in [-0.15, -0.1) is 0 Å². The van der Waals surface area contributed by atoms with Crippen molar-refractivity contribution in [2.24, 2.45) is 5.92 Å². The largest absolute Gasteiger partial charge is 0.310 e. The average molecular weight is 292 g/mol. The predicted molar refractivity (Wildman–Crippen MR) is 86.9 cm³/mol. The lowest BCUT2D eigenvalue weighted by molar-refractivity contribution is 0.248. The van der Waals surface area contributed by atoms with Gasteiger partial charge in [-0.3, -0.25) is 0 Å². The SMILES string of the molecule is CCCNC(CCN1CC(C)CC1C)c1ccc(F)cc1. The van der Waals surface area contributed by atoms with Crippen LogP contribution in [0, 0.1) is 11.7 Å². The van der Waals surface area contributed by atoms with E-state index in [0.717, 1.165) is 31.8 Å². The molecule has 0 saturated carbocycles. The Kier molecular flexibility index (Phi) is 6.19. The highest BCUT2D eigenvalue weighted by Crippen LogP contribution is 2.25. The highest BCUT2D eigenvalue weighted by molar-refractivity contribution is 5.20. The first-order valence-electron chi connectivity index (χ1n) is 8.33. The molecule has 1 aromatic rings. The fourth-order valence-corrected chi connectivity index (χ4v) is 3.39. The van der Waals surface area contributed by atoms with Gasteiger partial charge in [0.15, 0.2) is 0 Å². The average Bonchev–Trinajstić information content (AvgIpc) is 2.78. The minimum absolute atomic E-state index is 0.157. The lowest BCUT2D eigenvalue weighted by atomic mass is 10.0. The molecule has 0 aromatic heterocycles. The van der Waals surface area contributed by atoms with Crippen molar-refractivity contribution in [1.29, 1.82) is 0 Å². The van der Waals surface area contributed by atoms with E-state index >= 15 is 0 Å². The quantitative estimate of drug-likeness (QED) is 0.817. The van der Waals surface area contributed by atoms with Gasteiger partial charge in [0.1, 0.15) is 5.82 Å². The normalized spacial score (nSPS) is 24.4. The lowest BCUT2D eigenvalue weighted by Crippen LogP contribution is -2.32. The molecule has 1 aliphatic heterocycles. The van der Waals surface area contributed by atoms with Crippen molar-refractivity contribution < 1.29 is 4.39 Å². The van der Waals surface area contributed by atoms with Crippen LogP contribution in [-0.4, -0.2) is 30.6 Å². The monoisotopic (exact) mass is 292 g/mol. The van der Waals surface area contributed by atoms with Crippen LogP contribution in [0.5, 0.6) is 0 Å². The van der Waals surface area contributed by atoms with E-state index in [9.17, 15) is 4.39 Å². The second-order valence-corrected chi connectivity index (χ2v) is 6.53. The van der Waals surface area contributed by atoms with Gasteiger partial charge in [-0.05, 0) is 56.3 Å². The van der Waals surface area contributed by atoms with E-state index in [2.05, 4.69) is 31.0 Å². The summed E-state index contributed by atoms with van der Waals surface area (Å²) >= 11 is 0. The van der Waals surface area contributed by atoms with Crippen molar-refractivity contribution in [3.8, 4) is 0 Å². The van der Waals surface area contributed by atoms with Crippen molar-refractivity contribution in [1.82, 2.24) is 10.2 Å². The third-order valence-corrected chi connectivity index (χ3v) is 4.53. The number of halogens is 1. The predicted octanol–water partition coefficient (Wildman–Crippen LogP) is 3.99. The molecule has 1 saturated heterocycles. The van der Waals surface area contributed by atoms with Crippen LogP contribution in [0.3, 0.4) is 0 Å². The van der Waals surface area contributed by atoms with Gasteiger partial charge in [0, 0.05) is 25.2 Å². The minimum Gasteiger partial charge on any atom is -0.310 e. The number of nitrogens with zero attached hydrogens (tertiary/aromatic N) is 1. The molecule has 3 heteroatoms. The Morgan fingerprint density at radius 3 is 2.57 bits per heavy atom. The summed E-state index contributed by atoms with van der Waals surface area (Å²) in [4.78, 5) is 2.59. The molecule has 0 bridgehead atoms. The summed E-state index contributed by atoms with van der Waals surface area (Å²) in [6.45, 7) is 10.2. The Labute approximate surface area is 128 Å². The van der Waals surface area contributed by atoms with Gasteiger partial charge in [0.2, 0.25) is 0 Å². The Bertz CT molecular complexity index is 418. The molecule has 3 unspecified atom stereocenters. The summed E-state index contributed by atoms with van der Waals surface area (Å²) in [7, 11) is 0. The summed E-state index contributed by atoms with van der Waals surface area (Å²) in [6.07, 6.45) is 3.52. The highest BCUT2D eigenvalue weighted by Gasteiger charge is 2.26. The number of hydrogen-bond acceptors (Lipinski definition) is 2. The first kappa shape index (κ1) is 16.4. The van der Waals surface area contributed by atoms with Crippen molar-refractivity contribution >= 4 is 0 Å². The summed E-state index contributed by atoms with van der Waals surface area (Å²) in [6, 6.07) is 7.98. The molecule has 1 N–H and O–H groups in total. The first-order chi connectivity index (χ1) is 10.1. The highest BCUT2D eigenvalue weighted by atomic mass is 19.1. The van der Waals surface area contributed by atoms with Crippen LogP contribution < -0.4 is 5.32 Å². The smallest absolute Gasteiger partial charge is 0.123 e. The van der Waals surface area contributed by atoms with Crippen molar-refractivity contribution in [3.63, 3.8) is 0 Å². The standard InChI is InChI=1S/C18H29FN2/c1-4-10-20-18(16-5-7-17(19)8-6-16)9-11-21-13-14(2)12-15(21)3/h5-8,14-15,18,20H,4,9-13H2,1-3H3. The Morgan fingerprint density at radius 1 is 1.29 bits per heavy atom. The molecule has 1 aliphatic rings. The van der Waals surface area contributed by atoms with Gasteiger partial charge in [0.05, 0.1) is 0 Å². The van der Waals surface area contributed by atoms with E-state index < -0.39 is 0 Å². The minimum atomic E-state index is -0.157.